The Morgan fingerprint density at radius 1 is 1.20 bits per heavy atom. The maximum absolute atomic E-state index is 13.9. The first-order valence-electron chi connectivity index (χ1n) is 6.07. The van der Waals surface area contributed by atoms with Gasteiger partial charge in [-0.1, -0.05) is 23.7 Å². The van der Waals surface area contributed by atoms with Gasteiger partial charge >= 0.3 is 0 Å². The normalized spacial score (nSPS) is 12.1. The molecule has 1 atom stereocenters. The van der Waals surface area contributed by atoms with Crippen molar-refractivity contribution in [3.63, 3.8) is 0 Å². The molecule has 2 nitrogen and oxygen atoms in total. The molecule has 0 spiro atoms. The van der Waals surface area contributed by atoms with E-state index in [9.17, 15) is 8.78 Å². The zero-order valence-corrected chi connectivity index (χ0v) is 11.8. The molecule has 1 N–H and O–H groups in total. The van der Waals surface area contributed by atoms with Crippen LogP contribution >= 0.6 is 11.6 Å². The Bertz CT molecular complexity index is 619. The van der Waals surface area contributed by atoms with Crippen LogP contribution in [-0.4, -0.2) is 7.11 Å². The third-order valence-electron chi connectivity index (χ3n) is 3.00. The van der Waals surface area contributed by atoms with Crippen molar-refractivity contribution < 1.29 is 13.5 Å². The Kier molecular flexibility index (Phi) is 4.45. The molecule has 2 rings (SSSR count). The summed E-state index contributed by atoms with van der Waals surface area (Å²) in [5.74, 6) is -0.519. The van der Waals surface area contributed by atoms with Crippen molar-refractivity contribution in [2.45, 2.75) is 13.0 Å². The molecule has 2 aromatic rings. The van der Waals surface area contributed by atoms with Crippen LogP contribution < -0.4 is 10.1 Å². The number of hydrogen-bond acceptors (Lipinski definition) is 2. The van der Waals surface area contributed by atoms with Gasteiger partial charge in [0.05, 0.1) is 23.9 Å². The van der Waals surface area contributed by atoms with Gasteiger partial charge in [0.15, 0.2) is 5.82 Å². The highest BCUT2D eigenvalue weighted by atomic mass is 35.5. The summed E-state index contributed by atoms with van der Waals surface area (Å²) in [6, 6.07) is 8.79. The summed E-state index contributed by atoms with van der Waals surface area (Å²) in [5, 5.41) is 2.93. The highest BCUT2D eigenvalue weighted by molar-refractivity contribution is 6.31. The third-order valence-corrected chi connectivity index (χ3v) is 3.29. The van der Waals surface area contributed by atoms with Crippen LogP contribution in [0.1, 0.15) is 18.5 Å². The zero-order valence-electron chi connectivity index (χ0n) is 11.1. The van der Waals surface area contributed by atoms with Gasteiger partial charge in [-0.05, 0) is 25.1 Å². The van der Waals surface area contributed by atoms with Crippen LogP contribution in [0, 0.1) is 11.6 Å². The average molecular weight is 298 g/mol. The van der Waals surface area contributed by atoms with Crippen LogP contribution in [0.15, 0.2) is 36.4 Å². The summed E-state index contributed by atoms with van der Waals surface area (Å²) in [6.07, 6.45) is 0. The Morgan fingerprint density at radius 2 is 1.95 bits per heavy atom. The minimum atomic E-state index is -0.546. The van der Waals surface area contributed by atoms with Crippen molar-refractivity contribution in [3.8, 4) is 5.75 Å². The highest BCUT2D eigenvalue weighted by Crippen LogP contribution is 2.28. The van der Waals surface area contributed by atoms with Gasteiger partial charge in [-0.3, -0.25) is 0 Å². The zero-order chi connectivity index (χ0) is 14.7. The molecule has 0 saturated heterocycles. The van der Waals surface area contributed by atoms with Crippen molar-refractivity contribution >= 4 is 17.3 Å². The molecule has 20 heavy (non-hydrogen) atoms. The number of hydrogen-bond donors (Lipinski definition) is 1. The number of nitrogens with one attached hydrogen (secondary N) is 1. The quantitative estimate of drug-likeness (QED) is 0.875. The van der Waals surface area contributed by atoms with E-state index in [1.54, 1.807) is 31.2 Å². The molecule has 2 aromatic carbocycles. The monoisotopic (exact) mass is 297 g/mol. The predicted molar refractivity (Wildman–Crippen MR) is 76.4 cm³/mol. The molecule has 0 aromatic heterocycles. The van der Waals surface area contributed by atoms with Crippen LogP contribution in [-0.2, 0) is 0 Å². The lowest BCUT2D eigenvalue weighted by Crippen LogP contribution is -2.10. The van der Waals surface area contributed by atoms with Crippen molar-refractivity contribution in [1.29, 1.82) is 0 Å². The molecule has 0 radical (unpaired) electrons. The summed E-state index contributed by atoms with van der Waals surface area (Å²) in [6.45, 7) is 1.74. The Hall–Kier alpha value is -1.81. The molecular formula is C15H14ClF2NO. The van der Waals surface area contributed by atoms with E-state index < -0.39 is 17.7 Å². The second kappa shape index (κ2) is 6.09. The Labute approximate surface area is 121 Å². The van der Waals surface area contributed by atoms with Crippen LogP contribution in [0.4, 0.5) is 14.5 Å². The van der Waals surface area contributed by atoms with Gasteiger partial charge in [0.2, 0.25) is 0 Å². The molecule has 0 aliphatic heterocycles. The van der Waals surface area contributed by atoms with Gasteiger partial charge in [-0.15, -0.1) is 0 Å². The molecule has 0 heterocycles. The fourth-order valence-corrected chi connectivity index (χ4v) is 2.09. The molecule has 0 fully saturated rings. The number of halogens is 3. The smallest absolute Gasteiger partial charge is 0.164 e. The Balaban J connectivity index is 2.24. The van der Waals surface area contributed by atoms with Crippen molar-refractivity contribution in [2.75, 3.05) is 12.4 Å². The predicted octanol–water partition coefficient (Wildman–Crippen LogP) is 4.80. The van der Waals surface area contributed by atoms with Crippen molar-refractivity contribution in [3.05, 3.63) is 58.6 Å². The number of methoxy groups -OCH3 is 1. The second-order valence-corrected chi connectivity index (χ2v) is 4.76. The van der Waals surface area contributed by atoms with Crippen LogP contribution in [0.3, 0.4) is 0 Å². The second-order valence-electron chi connectivity index (χ2n) is 4.35. The standard InChI is InChI=1S/C15H14ClF2NO/c1-9(11-7-6-10(20-2)8-13(11)17)19-14-5-3-4-12(16)15(14)18/h3-9,19H,1-2H3. The minimum Gasteiger partial charge on any atom is -0.497 e. The molecule has 0 bridgehead atoms. The van der Waals surface area contributed by atoms with Crippen LogP contribution in [0.2, 0.25) is 5.02 Å². The molecule has 5 heteroatoms. The van der Waals surface area contributed by atoms with Crippen LogP contribution in [0.25, 0.3) is 0 Å². The summed E-state index contributed by atoms with van der Waals surface area (Å²) >= 11 is 5.71. The first-order valence-corrected chi connectivity index (χ1v) is 6.44. The first kappa shape index (κ1) is 14.6. The number of rotatable bonds is 4. The molecule has 106 valence electrons. The lowest BCUT2D eigenvalue weighted by molar-refractivity contribution is 0.410. The number of anilines is 1. The average Bonchev–Trinajstić information content (AvgIpc) is 2.43. The van der Waals surface area contributed by atoms with E-state index in [1.807, 2.05) is 0 Å². The van der Waals surface area contributed by atoms with Gasteiger partial charge in [-0.2, -0.15) is 0 Å². The van der Waals surface area contributed by atoms with Crippen LogP contribution in [0.5, 0.6) is 5.75 Å². The van der Waals surface area contributed by atoms with E-state index in [1.165, 1.54) is 19.2 Å². The van der Waals surface area contributed by atoms with E-state index in [4.69, 9.17) is 16.3 Å². The summed E-state index contributed by atoms with van der Waals surface area (Å²) < 4.78 is 32.7. The largest absolute Gasteiger partial charge is 0.497 e. The van der Waals surface area contributed by atoms with E-state index >= 15 is 0 Å². The molecule has 0 aliphatic carbocycles. The maximum Gasteiger partial charge on any atom is 0.164 e. The fraction of sp³-hybridized carbons (Fsp3) is 0.200. The topological polar surface area (TPSA) is 21.3 Å². The molecule has 0 amide bonds. The third kappa shape index (κ3) is 3.02. The fourth-order valence-electron chi connectivity index (χ4n) is 1.91. The highest BCUT2D eigenvalue weighted by Gasteiger charge is 2.14. The number of ether oxygens (including phenoxy) is 1. The van der Waals surface area contributed by atoms with E-state index in [0.717, 1.165) is 0 Å². The molecule has 0 aliphatic rings. The Morgan fingerprint density at radius 3 is 2.60 bits per heavy atom. The van der Waals surface area contributed by atoms with Gasteiger partial charge in [0.25, 0.3) is 0 Å². The first-order chi connectivity index (χ1) is 9.52. The molecule has 0 saturated carbocycles. The van der Waals surface area contributed by atoms with Gasteiger partial charge < -0.3 is 10.1 Å². The van der Waals surface area contributed by atoms with Gasteiger partial charge in [-0.25, -0.2) is 8.78 Å². The van der Waals surface area contributed by atoms with E-state index in [-0.39, 0.29) is 10.7 Å². The molecule has 1 unspecified atom stereocenters. The van der Waals surface area contributed by atoms with Gasteiger partial charge in [0.1, 0.15) is 11.6 Å². The lowest BCUT2D eigenvalue weighted by atomic mass is 10.1. The maximum atomic E-state index is 13.9. The summed E-state index contributed by atoms with van der Waals surface area (Å²) in [4.78, 5) is 0. The summed E-state index contributed by atoms with van der Waals surface area (Å²) in [7, 11) is 1.47. The van der Waals surface area contributed by atoms with E-state index in [2.05, 4.69) is 5.32 Å². The SMILES string of the molecule is COc1ccc(C(C)Nc2cccc(Cl)c2F)c(F)c1. The van der Waals surface area contributed by atoms with Crippen molar-refractivity contribution in [2.24, 2.45) is 0 Å². The molecular weight excluding hydrogens is 284 g/mol. The lowest BCUT2D eigenvalue weighted by Gasteiger charge is -2.17. The van der Waals surface area contributed by atoms with Crippen molar-refractivity contribution in [1.82, 2.24) is 0 Å². The number of benzene rings is 2. The van der Waals surface area contributed by atoms with E-state index in [0.29, 0.717) is 11.3 Å². The minimum absolute atomic E-state index is 0.0254. The summed E-state index contributed by atoms with van der Waals surface area (Å²) in [5.41, 5.74) is 0.658. The van der Waals surface area contributed by atoms with Gasteiger partial charge in [0, 0.05) is 11.6 Å².